The van der Waals surface area contributed by atoms with Crippen LogP contribution in [0.5, 0.6) is 0 Å². The predicted octanol–water partition coefficient (Wildman–Crippen LogP) is 4.04. The molecule has 112 valence electrons. The zero-order valence-corrected chi connectivity index (χ0v) is 13.6. The Bertz CT molecular complexity index is 704. The number of hydrogen-bond donors (Lipinski definition) is 0. The smallest absolute Gasteiger partial charge is 0.166 e. The Morgan fingerprint density at radius 3 is 2.50 bits per heavy atom. The van der Waals surface area contributed by atoms with Gasteiger partial charge in [-0.25, -0.2) is 9.37 Å². The summed E-state index contributed by atoms with van der Waals surface area (Å²) < 4.78 is 14.7. The van der Waals surface area contributed by atoms with Crippen LogP contribution in [0.2, 0.25) is 0 Å². The molecule has 5 heteroatoms. The molecule has 0 atom stereocenters. The van der Waals surface area contributed by atoms with Crippen molar-refractivity contribution in [1.29, 1.82) is 5.26 Å². The maximum Gasteiger partial charge on any atom is 0.166 e. The van der Waals surface area contributed by atoms with Gasteiger partial charge in [-0.15, -0.1) is 0 Å². The van der Waals surface area contributed by atoms with E-state index < -0.39 is 5.41 Å². The van der Waals surface area contributed by atoms with Gasteiger partial charge in [-0.05, 0) is 40.4 Å². The SMILES string of the molecule is N#CC1(c2ccccc2)CCN(c2ncc(Br)cc2F)CC1. The van der Waals surface area contributed by atoms with Crippen molar-refractivity contribution in [2.75, 3.05) is 18.0 Å². The van der Waals surface area contributed by atoms with Crippen LogP contribution in [0.15, 0.2) is 47.1 Å². The number of nitriles is 1. The second kappa shape index (κ2) is 6.05. The highest BCUT2D eigenvalue weighted by Crippen LogP contribution is 2.36. The van der Waals surface area contributed by atoms with Crippen LogP contribution in [0.1, 0.15) is 18.4 Å². The van der Waals surface area contributed by atoms with Gasteiger partial charge in [0.15, 0.2) is 11.6 Å². The lowest BCUT2D eigenvalue weighted by atomic mass is 9.74. The van der Waals surface area contributed by atoms with Crippen LogP contribution in [-0.4, -0.2) is 18.1 Å². The molecular formula is C17H15BrFN3. The average Bonchev–Trinajstić information content (AvgIpc) is 2.56. The van der Waals surface area contributed by atoms with Crippen molar-refractivity contribution in [3.8, 4) is 6.07 Å². The molecule has 1 fully saturated rings. The van der Waals surface area contributed by atoms with E-state index in [-0.39, 0.29) is 5.82 Å². The first-order valence-electron chi connectivity index (χ1n) is 7.17. The third-order valence-electron chi connectivity index (χ3n) is 4.25. The molecule has 0 aliphatic carbocycles. The van der Waals surface area contributed by atoms with Crippen molar-refractivity contribution in [2.45, 2.75) is 18.3 Å². The molecule has 3 rings (SSSR count). The molecule has 0 N–H and O–H groups in total. The summed E-state index contributed by atoms with van der Waals surface area (Å²) in [6, 6.07) is 13.8. The number of anilines is 1. The minimum absolute atomic E-state index is 0.335. The van der Waals surface area contributed by atoms with Crippen LogP contribution in [0.3, 0.4) is 0 Å². The summed E-state index contributed by atoms with van der Waals surface area (Å²) in [5.74, 6) is 0.0290. The van der Waals surface area contributed by atoms with Gasteiger partial charge in [-0.2, -0.15) is 5.26 Å². The van der Waals surface area contributed by atoms with E-state index in [1.807, 2.05) is 35.2 Å². The first kappa shape index (κ1) is 15.0. The quantitative estimate of drug-likeness (QED) is 0.811. The minimum atomic E-state index is -0.483. The van der Waals surface area contributed by atoms with Gasteiger partial charge in [0.05, 0.1) is 11.5 Å². The molecule has 0 radical (unpaired) electrons. The van der Waals surface area contributed by atoms with E-state index in [0.717, 1.165) is 5.56 Å². The summed E-state index contributed by atoms with van der Waals surface area (Å²) in [7, 11) is 0. The number of nitrogens with zero attached hydrogens (tertiary/aromatic N) is 3. The number of pyridine rings is 1. The second-order valence-electron chi connectivity index (χ2n) is 5.51. The Balaban J connectivity index is 1.81. The lowest BCUT2D eigenvalue weighted by Gasteiger charge is -2.38. The van der Waals surface area contributed by atoms with E-state index >= 15 is 0 Å². The number of benzene rings is 1. The minimum Gasteiger partial charge on any atom is -0.354 e. The molecule has 1 aliphatic rings. The van der Waals surface area contributed by atoms with Crippen molar-refractivity contribution < 1.29 is 4.39 Å². The third kappa shape index (κ3) is 2.71. The van der Waals surface area contributed by atoms with Crippen molar-refractivity contribution in [2.24, 2.45) is 0 Å². The molecule has 0 spiro atoms. The van der Waals surface area contributed by atoms with Crippen LogP contribution >= 0.6 is 15.9 Å². The molecule has 3 nitrogen and oxygen atoms in total. The molecule has 2 heterocycles. The summed E-state index contributed by atoms with van der Waals surface area (Å²) >= 11 is 3.22. The molecule has 2 aromatic rings. The zero-order valence-electron chi connectivity index (χ0n) is 12.0. The van der Waals surface area contributed by atoms with Gasteiger partial charge in [0.1, 0.15) is 0 Å². The van der Waals surface area contributed by atoms with Crippen molar-refractivity contribution >= 4 is 21.7 Å². The molecule has 1 aromatic heterocycles. The van der Waals surface area contributed by atoms with Crippen LogP contribution in [0.4, 0.5) is 10.2 Å². The largest absolute Gasteiger partial charge is 0.354 e. The van der Waals surface area contributed by atoms with Gasteiger partial charge in [0.2, 0.25) is 0 Å². The van der Waals surface area contributed by atoms with Crippen LogP contribution in [0, 0.1) is 17.1 Å². The Labute approximate surface area is 137 Å². The van der Waals surface area contributed by atoms with Gasteiger partial charge in [-0.1, -0.05) is 30.3 Å². The second-order valence-corrected chi connectivity index (χ2v) is 6.42. The Morgan fingerprint density at radius 1 is 1.23 bits per heavy atom. The highest BCUT2D eigenvalue weighted by atomic mass is 79.9. The van der Waals surface area contributed by atoms with Crippen molar-refractivity contribution in [3.05, 3.63) is 58.4 Å². The fraction of sp³-hybridized carbons (Fsp3) is 0.294. The Kier molecular flexibility index (Phi) is 4.12. The first-order chi connectivity index (χ1) is 10.6. The van der Waals surface area contributed by atoms with Crippen LogP contribution in [-0.2, 0) is 5.41 Å². The summed E-state index contributed by atoms with van der Waals surface area (Å²) in [6.07, 6.45) is 2.94. The molecular weight excluding hydrogens is 345 g/mol. The molecule has 0 unspecified atom stereocenters. The maximum absolute atomic E-state index is 14.0. The average molecular weight is 360 g/mol. The predicted molar refractivity (Wildman–Crippen MR) is 87.1 cm³/mol. The van der Waals surface area contributed by atoms with E-state index in [9.17, 15) is 9.65 Å². The number of hydrogen-bond acceptors (Lipinski definition) is 3. The van der Waals surface area contributed by atoms with Gasteiger partial charge < -0.3 is 4.90 Å². The normalized spacial score (nSPS) is 17.0. The lowest BCUT2D eigenvalue weighted by Crippen LogP contribution is -2.42. The topological polar surface area (TPSA) is 39.9 Å². The standard InChI is InChI=1S/C17H15BrFN3/c18-14-10-15(19)16(21-11-14)22-8-6-17(12-20,7-9-22)13-4-2-1-3-5-13/h1-5,10-11H,6-9H2. The number of halogens is 2. The number of rotatable bonds is 2. The van der Waals surface area contributed by atoms with E-state index in [4.69, 9.17) is 0 Å². The fourth-order valence-electron chi connectivity index (χ4n) is 2.96. The summed E-state index contributed by atoms with van der Waals surface area (Å²) in [5.41, 5.74) is 0.560. The zero-order chi connectivity index (χ0) is 15.6. The van der Waals surface area contributed by atoms with E-state index in [2.05, 4.69) is 27.0 Å². The van der Waals surface area contributed by atoms with Crippen LogP contribution < -0.4 is 4.90 Å². The highest BCUT2D eigenvalue weighted by molar-refractivity contribution is 9.10. The van der Waals surface area contributed by atoms with E-state index in [1.165, 1.54) is 6.07 Å². The molecule has 0 bridgehead atoms. The lowest BCUT2D eigenvalue weighted by molar-refractivity contribution is 0.410. The summed E-state index contributed by atoms with van der Waals surface area (Å²) in [5, 5.41) is 9.68. The van der Waals surface area contributed by atoms with Crippen molar-refractivity contribution in [3.63, 3.8) is 0 Å². The molecule has 22 heavy (non-hydrogen) atoms. The summed E-state index contributed by atoms with van der Waals surface area (Å²) in [6.45, 7) is 1.24. The number of piperidine rings is 1. The maximum atomic E-state index is 14.0. The first-order valence-corrected chi connectivity index (χ1v) is 7.97. The van der Waals surface area contributed by atoms with Gasteiger partial charge in [0.25, 0.3) is 0 Å². The number of aromatic nitrogens is 1. The summed E-state index contributed by atoms with van der Waals surface area (Å²) in [4.78, 5) is 6.09. The third-order valence-corrected chi connectivity index (χ3v) is 4.68. The Morgan fingerprint density at radius 2 is 1.91 bits per heavy atom. The molecule has 1 aromatic carbocycles. The molecule has 1 saturated heterocycles. The van der Waals surface area contributed by atoms with Crippen molar-refractivity contribution in [1.82, 2.24) is 4.98 Å². The molecule has 0 amide bonds. The van der Waals surface area contributed by atoms with Crippen LogP contribution in [0.25, 0.3) is 0 Å². The molecule has 1 aliphatic heterocycles. The van der Waals surface area contributed by atoms with Gasteiger partial charge in [-0.3, -0.25) is 0 Å². The monoisotopic (exact) mass is 359 g/mol. The van der Waals surface area contributed by atoms with E-state index in [1.54, 1.807) is 6.20 Å². The van der Waals surface area contributed by atoms with Gasteiger partial charge in [0, 0.05) is 23.8 Å². The van der Waals surface area contributed by atoms with Gasteiger partial charge >= 0.3 is 0 Å². The highest BCUT2D eigenvalue weighted by Gasteiger charge is 2.37. The fourth-order valence-corrected chi connectivity index (χ4v) is 3.27. The Hall–Kier alpha value is -1.93. The van der Waals surface area contributed by atoms with E-state index in [0.29, 0.717) is 36.2 Å². The molecule has 0 saturated carbocycles.